The number of fused-ring (bicyclic) bond motifs is 8. The Morgan fingerprint density at radius 3 is 0.939 bits per heavy atom. The summed E-state index contributed by atoms with van der Waals surface area (Å²) in [5.74, 6) is 0.121. The second-order valence-electron chi connectivity index (χ2n) is 25.8. The molecule has 4 aliphatic rings. The summed E-state index contributed by atoms with van der Waals surface area (Å²) in [5, 5.41) is 0. The van der Waals surface area contributed by atoms with E-state index < -0.39 is 34.1 Å². The summed E-state index contributed by atoms with van der Waals surface area (Å²) in [6, 6.07) is 102. The summed E-state index contributed by atoms with van der Waals surface area (Å²) >= 11 is 0. The van der Waals surface area contributed by atoms with E-state index in [4.69, 9.17) is 9.47 Å². The van der Waals surface area contributed by atoms with Crippen molar-refractivity contribution < 1.29 is 27.0 Å². The van der Waals surface area contributed by atoms with Crippen molar-refractivity contribution in [1.29, 1.82) is 0 Å². The Kier molecular flexibility index (Phi) is 14.0. The quantitative estimate of drug-likeness (QED) is 0.0955. The molecule has 8 heteroatoms. The second-order valence-corrected chi connectivity index (χ2v) is 25.8. The molecular weight excluding hydrogens is 1220 g/mol. The normalized spacial score (nSPS) is 15.7. The molecule has 14 aromatic carbocycles. The van der Waals surface area contributed by atoms with E-state index in [9.17, 15) is 0 Å². The van der Waals surface area contributed by atoms with Crippen molar-refractivity contribution in [2.24, 2.45) is 0 Å². The number of anilines is 6. The first kappa shape index (κ1) is 58.6. The SMILES string of the molecule is Fc1cccc(F)c1N(c1ccc(-c2ccc(N(c3ccc4c(c3)C(c3ccccc3)(c3ccc(Oc5ccc6c(c5)CC6)cc3)c3ccccc3-4)c3c(F)cccc3F)cc2)cc1)c1ccc2c(c1)C(c1ccccc1)(c1ccc(Oc3ccc4c(c3)CC4)cc1)c1ccccc1-2. The highest BCUT2D eigenvalue weighted by molar-refractivity contribution is 5.92. The Morgan fingerprint density at radius 2 is 0.571 bits per heavy atom. The lowest BCUT2D eigenvalue weighted by atomic mass is 9.67. The number of rotatable bonds is 15. The van der Waals surface area contributed by atoms with Crippen LogP contribution in [0.1, 0.15) is 66.8 Å². The summed E-state index contributed by atoms with van der Waals surface area (Å²) in [7, 11) is 0. The number of benzene rings is 14. The van der Waals surface area contributed by atoms with Crippen molar-refractivity contribution >= 4 is 34.1 Å². The molecule has 98 heavy (non-hydrogen) atoms. The number of hydrogen-bond donors (Lipinski definition) is 0. The summed E-state index contributed by atoms with van der Waals surface area (Å²) < 4.78 is 79.7. The van der Waals surface area contributed by atoms with Gasteiger partial charge in [-0.2, -0.15) is 0 Å². The molecule has 4 aliphatic carbocycles. The molecule has 0 N–H and O–H groups in total. The molecule has 0 heterocycles. The Labute approximate surface area is 566 Å². The highest BCUT2D eigenvalue weighted by atomic mass is 19.1. The molecule has 2 atom stereocenters. The number of hydrogen-bond acceptors (Lipinski definition) is 4. The third-order valence-corrected chi connectivity index (χ3v) is 20.6. The largest absolute Gasteiger partial charge is 0.457 e. The zero-order chi connectivity index (χ0) is 65.6. The van der Waals surface area contributed by atoms with E-state index in [1.54, 1.807) is 9.80 Å². The Bertz CT molecular complexity index is 5070. The van der Waals surface area contributed by atoms with Gasteiger partial charge in [0.05, 0.1) is 10.8 Å². The molecule has 0 spiro atoms. The van der Waals surface area contributed by atoms with E-state index in [0.717, 1.165) is 115 Å². The van der Waals surface area contributed by atoms with Gasteiger partial charge in [0.2, 0.25) is 0 Å². The second kappa shape index (κ2) is 23.4. The number of ether oxygens (including phenoxy) is 2. The van der Waals surface area contributed by atoms with Crippen LogP contribution in [0.15, 0.2) is 315 Å². The van der Waals surface area contributed by atoms with Crippen molar-refractivity contribution in [2.45, 2.75) is 36.5 Å². The summed E-state index contributed by atoms with van der Waals surface area (Å²) in [6.45, 7) is 0. The molecule has 0 aliphatic heterocycles. The highest BCUT2D eigenvalue weighted by Gasteiger charge is 2.48. The van der Waals surface area contributed by atoms with E-state index in [0.29, 0.717) is 34.2 Å². The lowest BCUT2D eigenvalue weighted by Gasteiger charge is -2.35. The van der Waals surface area contributed by atoms with Crippen LogP contribution in [0.4, 0.5) is 51.7 Å². The average Bonchev–Trinajstić information content (AvgIpc) is 1.76. The standard InChI is InChI=1S/C90H60F4N2O2/c91-83-21-11-22-84(92)87(83)95(69-43-51-77-75-17-7-9-19-79(75)89(81(77)55-69,63-13-3-1-4-14-63)65-35-47-71(48-36-65)97-73-45-33-59-25-27-61(59)53-73)67-39-29-57(30-40-67)58-31-41-68(42-32-58)96(88-85(93)23-12-24-86(88)94)70-44-52-78-76-18-8-10-20-80(76)90(82(78)56-70,64-15-5-2-6-16-64)66-37-49-72(50-38-66)98-74-46-34-60-26-28-62(60)54-74/h1-24,29-56H,25-28H2. The van der Waals surface area contributed by atoms with Crippen LogP contribution in [0.2, 0.25) is 0 Å². The molecule has 2 unspecified atom stereocenters. The predicted octanol–water partition coefficient (Wildman–Crippen LogP) is 23.4. The average molecular weight is 1280 g/mol. The maximum atomic E-state index is 16.7. The van der Waals surface area contributed by atoms with E-state index >= 15 is 17.6 Å². The lowest BCUT2D eigenvalue weighted by Crippen LogP contribution is -2.28. The van der Waals surface area contributed by atoms with Gasteiger partial charge in [-0.15, -0.1) is 0 Å². The van der Waals surface area contributed by atoms with Crippen LogP contribution in [0.3, 0.4) is 0 Å². The van der Waals surface area contributed by atoms with Gasteiger partial charge in [0.15, 0.2) is 0 Å². The Balaban J connectivity index is 0.716. The maximum Gasteiger partial charge on any atom is 0.150 e. The van der Waals surface area contributed by atoms with Gasteiger partial charge in [-0.3, -0.25) is 0 Å². The fourth-order valence-corrected chi connectivity index (χ4v) is 15.9. The van der Waals surface area contributed by atoms with Crippen LogP contribution in [-0.4, -0.2) is 0 Å². The van der Waals surface area contributed by atoms with Gasteiger partial charge in [-0.25, -0.2) is 17.6 Å². The fraction of sp³-hybridized carbons (Fsp3) is 0.0667. The molecule has 470 valence electrons. The van der Waals surface area contributed by atoms with Gasteiger partial charge in [0.1, 0.15) is 57.6 Å². The number of nitrogens with zero attached hydrogens (tertiary/aromatic N) is 2. The van der Waals surface area contributed by atoms with Crippen LogP contribution >= 0.6 is 0 Å². The minimum atomic E-state index is -0.855. The van der Waals surface area contributed by atoms with Crippen LogP contribution in [0.25, 0.3) is 33.4 Å². The van der Waals surface area contributed by atoms with Crippen LogP contribution in [0.5, 0.6) is 23.0 Å². The lowest BCUT2D eigenvalue weighted by molar-refractivity contribution is 0.480. The first-order valence-corrected chi connectivity index (χ1v) is 33.3. The topological polar surface area (TPSA) is 24.9 Å². The number of halogens is 4. The Hall–Kier alpha value is -12.0. The molecule has 0 aromatic heterocycles. The van der Waals surface area contributed by atoms with E-state index in [-0.39, 0.29) is 11.4 Å². The minimum absolute atomic E-state index is 0.224. The molecule has 0 amide bonds. The van der Waals surface area contributed by atoms with E-state index in [1.165, 1.54) is 58.7 Å². The van der Waals surface area contributed by atoms with E-state index in [2.05, 4.69) is 158 Å². The molecule has 0 fully saturated rings. The van der Waals surface area contributed by atoms with E-state index in [1.807, 2.05) is 121 Å². The summed E-state index contributed by atoms with van der Waals surface area (Å²) in [5.41, 5.74) is 19.2. The fourth-order valence-electron chi connectivity index (χ4n) is 15.9. The first-order chi connectivity index (χ1) is 48.2. The molecule has 0 saturated heterocycles. The summed E-state index contributed by atoms with van der Waals surface area (Å²) in [4.78, 5) is 3.31. The summed E-state index contributed by atoms with van der Waals surface area (Å²) in [6.07, 6.45) is 4.29. The van der Waals surface area contributed by atoms with Gasteiger partial charge < -0.3 is 19.3 Å². The van der Waals surface area contributed by atoms with Crippen LogP contribution < -0.4 is 19.3 Å². The smallest absolute Gasteiger partial charge is 0.150 e. The maximum absolute atomic E-state index is 16.7. The molecule has 18 rings (SSSR count). The van der Waals surface area contributed by atoms with Crippen molar-refractivity contribution in [2.75, 3.05) is 9.80 Å². The molecular formula is C90H60F4N2O2. The number of para-hydroxylation sites is 2. The highest BCUT2D eigenvalue weighted by Crippen LogP contribution is 2.60. The van der Waals surface area contributed by atoms with Crippen molar-refractivity contribution in [3.05, 3.63) is 405 Å². The molecule has 0 saturated carbocycles. The minimum Gasteiger partial charge on any atom is -0.457 e. The van der Waals surface area contributed by atoms with Gasteiger partial charge in [-0.1, -0.05) is 194 Å². The van der Waals surface area contributed by atoms with Crippen molar-refractivity contribution in [3.63, 3.8) is 0 Å². The predicted molar refractivity (Wildman–Crippen MR) is 384 cm³/mol. The molecule has 4 nitrogen and oxygen atoms in total. The zero-order valence-corrected chi connectivity index (χ0v) is 53.1. The van der Waals surface area contributed by atoms with Gasteiger partial charge in [0, 0.05) is 22.7 Å². The first-order valence-electron chi connectivity index (χ1n) is 33.3. The third-order valence-electron chi connectivity index (χ3n) is 20.6. The van der Waals surface area contributed by atoms with Crippen molar-refractivity contribution in [1.82, 2.24) is 0 Å². The third kappa shape index (κ3) is 9.41. The molecule has 14 aromatic rings. The van der Waals surface area contributed by atoms with Crippen LogP contribution in [-0.2, 0) is 36.5 Å². The number of aryl methyl sites for hydroxylation is 4. The molecule has 0 bridgehead atoms. The van der Waals surface area contributed by atoms with Crippen molar-refractivity contribution in [3.8, 4) is 56.4 Å². The zero-order valence-electron chi connectivity index (χ0n) is 53.1. The molecule has 0 radical (unpaired) electrons. The van der Waals surface area contributed by atoms with Crippen LogP contribution in [0, 0.1) is 23.3 Å². The van der Waals surface area contributed by atoms with Gasteiger partial charge >= 0.3 is 0 Å². The Morgan fingerprint density at radius 1 is 0.245 bits per heavy atom. The van der Waals surface area contributed by atoms with Gasteiger partial charge in [-0.05, 0) is 247 Å². The van der Waals surface area contributed by atoms with Gasteiger partial charge in [0.25, 0.3) is 0 Å². The monoisotopic (exact) mass is 1280 g/mol.